The van der Waals surface area contributed by atoms with E-state index in [-0.39, 0.29) is 0 Å². The van der Waals surface area contributed by atoms with Crippen LogP contribution in [0.4, 0.5) is 114 Å². The predicted molar refractivity (Wildman–Crippen MR) is 95.6 cm³/mol. The third kappa shape index (κ3) is 6.23. The van der Waals surface area contributed by atoms with Crippen molar-refractivity contribution >= 4 is 7.82 Å². The van der Waals surface area contributed by atoms with Gasteiger partial charge in [-0.2, -0.15) is 105 Å². The highest BCUT2D eigenvalue weighted by Crippen LogP contribution is 2.67. The molecular weight excluding hydrogens is 795 g/mol. The van der Waals surface area contributed by atoms with E-state index in [1.807, 2.05) is 0 Å². The zero-order valence-electron chi connectivity index (χ0n) is 21.6. The average molecular weight is 805 g/mol. The minimum absolute atomic E-state index is 0.826. The first-order valence-corrected chi connectivity index (χ1v) is 12.0. The molecule has 0 rings (SSSR count). The van der Waals surface area contributed by atoms with Crippen molar-refractivity contribution in [2.24, 2.45) is 5.90 Å². The number of hydrogen-bond acceptors (Lipinski definition) is 5. The second-order valence-electron chi connectivity index (χ2n) is 8.84. The Labute approximate surface area is 245 Å². The van der Waals surface area contributed by atoms with Crippen LogP contribution in [0.5, 0.6) is 0 Å². The van der Waals surface area contributed by atoms with Crippen LogP contribution >= 0.6 is 7.82 Å². The van der Waals surface area contributed by atoms with Gasteiger partial charge in [0.05, 0.1) is 0 Å². The van der Waals surface area contributed by atoms with Gasteiger partial charge in [-0.3, -0.25) is 0 Å². The first-order chi connectivity index (χ1) is 20.4. The highest BCUT2D eigenvalue weighted by Gasteiger charge is 2.93. The fourth-order valence-corrected chi connectivity index (χ4v) is 3.44. The molecule has 290 valence electrons. The number of hydrogen-bond donors (Lipinski definition) is 1. The van der Waals surface area contributed by atoms with Crippen LogP contribution in [0.3, 0.4) is 0 Å². The molecule has 0 saturated heterocycles. The van der Waals surface area contributed by atoms with E-state index in [1.165, 1.54) is 0 Å². The van der Waals surface area contributed by atoms with Crippen LogP contribution in [0.2, 0.25) is 0 Å². The predicted octanol–water partition coefficient (Wildman–Crippen LogP) is 9.27. The van der Waals surface area contributed by atoms with Gasteiger partial charge >= 0.3 is 79.3 Å². The maximum absolute atomic E-state index is 13.8. The lowest BCUT2D eigenvalue weighted by Gasteiger charge is -2.42. The molecule has 0 aromatic heterocycles. The van der Waals surface area contributed by atoms with Crippen LogP contribution in [0, 0.1) is 0 Å². The second-order valence-corrected chi connectivity index (χ2v) is 10.3. The van der Waals surface area contributed by atoms with Gasteiger partial charge in [0.2, 0.25) is 0 Å². The largest absolute Gasteiger partial charge is 0.501 e. The SMILES string of the molecule is CC(F)C(F)(F)C(F)(F)C(F)(F)C(F)(F)C(F)(F)C(F)(F)OP(=O)(ON)OC(F)(F)C(F)(F)C(F)(F)C(F)(F)C(F)(F)C(F)(F)C(C)F. The molecule has 0 aromatic carbocycles. The van der Waals surface area contributed by atoms with Crippen LogP contribution in [-0.2, 0) is 18.2 Å². The molecule has 0 spiro atoms. The lowest BCUT2D eigenvalue weighted by molar-refractivity contribution is -0.457. The van der Waals surface area contributed by atoms with Gasteiger partial charge in [-0.05, 0) is 13.8 Å². The quantitative estimate of drug-likeness (QED) is 0.0903. The molecule has 32 heteroatoms. The minimum atomic E-state index is -8.86. The van der Waals surface area contributed by atoms with Crippen molar-refractivity contribution in [2.75, 3.05) is 0 Å². The van der Waals surface area contributed by atoms with Crippen LogP contribution in [0.1, 0.15) is 13.8 Å². The molecule has 0 saturated carbocycles. The Morgan fingerprint density at radius 2 is 0.604 bits per heavy atom. The van der Waals surface area contributed by atoms with E-state index >= 15 is 0 Å². The lowest BCUT2D eigenvalue weighted by atomic mass is 9.92. The fraction of sp³-hybridized carbons (Fsp3) is 1.00. The first kappa shape index (κ1) is 46.2. The van der Waals surface area contributed by atoms with Gasteiger partial charge in [-0.15, -0.1) is 0 Å². The third-order valence-corrected chi connectivity index (χ3v) is 6.68. The van der Waals surface area contributed by atoms with Gasteiger partial charge in [-0.25, -0.2) is 32.9 Å². The molecule has 0 radical (unpaired) electrons. The summed E-state index contributed by atoms with van der Waals surface area (Å²) >= 11 is 0. The molecule has 0 bridgehead atoms. The summed E-state index contributed by atoms with van der Waals surface area (Å²) in [5, 5.41) is 0. The number of phosphoric ester groups is 1. The molecule has 0 heterocycles. The highest BCUT2D eigenvalue weighted by molar-refractivity contribution is 7.48. The maximum Gasteiger partial charge on any atom is 0.501 e. The van der Waals surface area contributed by atoms with Crippen LogP contribution in [0.25, 0.3) is 0 Å². The zero-order chi connectivity index (χ0) is 39.8. The molecule has 0 aliphatic carbocycles. The summed E-state index contributed by atoms with van der Waals surface area (Å²) in [5.41, 5.74) is 0. The molecule has 2 N–H and O–H groups in total. The van der Waals surface area contributed by atoms with Gasteiger partial charge in [-0.1, -0.05) is 0 Å². The summed E-state index contributed by atoms with van der Waals surface area (Å²) in [5.74, 6) is -79.9. The summed E-state index contributed by atoms with van der Waals surface area (Å²) < 4.78 is 368. The fourth-order valence-electron chi connectivity index (χ4n) is 2.53. The Hall–Kier alpha value is -1.75. The molecule has 0 fully saturated rings. The topological polar surface area (TPSA) is 70.8 Å². The van der Waals surface area contributed by atoms with Crippen molar-refractivity contribution in [3.05, 3.63) is 0 Å². The summed E-state index contributed by atoms with van der Waals surface area (Å²) in [4.78, 5) is 0. The first-order valence-electron chi connectivity index (χ1n) is 10.6. The van der Waals surface area contributed by atoms with Crippen LogP contribution in [-0.4, -0.2) is 83.8 Å². The van der Waals surface area contributed by atoms with E-state index in [4.69, 9.17) is 0 Å². The molecule has 48 heavy (non-hydrogen) atoms. The van der Waals surface area contributed by atoms with Crippen molar-refractivity contribution in [3.8, 4) is 0 Å². The molecular formula is C16H10F26NO4P. The van der Waals surface area contributed by atoms with E-state index < -0.39 is 105 Å². The Balaban J connectivity index is 7.04. The minimum Gasteiger partial charge on any atom is -0.241 e. The monoisotopic (exact) mass is 805 g/mol. The number of halogens is 26. The third-order valence-electron chi connectivity index (χ3n) is 5.52. The molecule has 0 aromatic rings. The standard InChI is InChI=1S/C16H10F26NO4P/c1-3(17)5(19,20)7(23,24)9(27,28)11(31,32)13(35,36)15(39,40)45-48(44,47-43)46-16(41,42)14(37,38)12(33,34)10(29,30)8(25,26)6(21,22)4(2)18/h3-4H,43H2,1-2H3. The summed E-state index contributed by atoms with van der Waals surface area (Å²) in [6.45, 7) is -1.65. The van der Waals surface area contributed by atoms with Crippen LogP contribution < -0.4 is 5.90 Å². The van der Waals surface area contributed by atoms with Crippen molar-refractivity contribution in [1.82, 2.24) is 0 Å². The van der Waals surface area contributed by atoms with Crippen molar-refractivity contribution in [1.29, 1.82) is 0 Å². The maximum atomic E-state index is 13.8. The zero-order valence-corrected chi connectivity index (χ0v) is 22.5. The molecule has 2 atom stereocenters. The lowest BCUT2D eigenvalue weighted by Crippen LogP contribution is -2.72. The van der Waals surface area contributed by atoms with E-state index in [0.717, 1.165) is 0 Å². The molecule has 0 aliphatic heterocycles. The summed E-state index contributed by atoms with van der Waals surface area (Å²) in [6, 6.07) is 0. The van der Waals surface area contributed by atoms with E-state index in [0.29, 0.717) is 0 Å². The average Bonchev–Trinajstić information content (AvgIpc) is 2.86. The van der Waals surface area contributed by atoms with Gasteiger partial charge in [0, 0.05) is 0 Å². The normalized spacial score (nSPS) is 18.9. The van der Waals surface area contributed by atoms with Gasteiger partial charge in [0.1, 0.15) is 0 Å². The van der Waals surface area contributed by atoms with Crippen molar-refractivity contribution < 1.29 is 132 Å². The van der Waals surface area contributed by atoms with Gasteiger partial charge in [0.15, 0.2) is 12.3 Å². The second kappa shape index (κ2) is 12.2. The smallest absolute Gasteiger partial charge is 0.241 e. The number of rotatable bonds is 17. The molecule has 2 unspecified atom stereocenters. The Kier molecular flexibility index (Phi) is 11.7. The van der Waals surface area contributed by atoms with E-state index in [2.05, 4.69) is 10.5 Å². The summed E-state index contributed by atoms with van der Waals surface area (Å²) in [7, 11) is -8.69. The van der Waals surface area contributed by atoms with Crippen molar-refractivity contribution in [3.63, 3.8) is 0 Å². The number of phosphoric acid groups is 1. The molecule has 0 amide bonds. The molecule has 5 nitrogen and oxygen atoms in total. The van der Waals surface area contributed by atoms with Gasteiger partial charge in [0.25, 0.3) is 0 Å². The number of alkyl halides is 26. The van der Waals surface area contributed by atoms with Gasteiger partial charge < -0.3 is 0 Å². The van der Waals surface area contributed by atoms with Crippen LogP contribution in [0.15, 0.2) is 0 Å². The Morgan fingerprint density at radius 3 is 0.771 bits per heavy atom. The molecule has 0 aliphatic rings. The number of nitrogens with two attached hydrogens (primary N) is 1. The van der Waals surface area contributed by atoms with E-state index in [1.54, 1.807) is 9.05 Å². The Morgan fingerprint density at radius 1 is 0.417 bits per heavy atom. The van der Waals surface area contributed by atoms with E-state index in [9.17, 15) is 119 Å². The highest BCUT2D eigenvalue weighted by atomic mass is 31.2. The summed E-state index contributed by atoms with van der Waals surface area (Å²) in [6.07, 6.45) is -26.2. The van der Waals surface area contributed by atoms with Crippen molar-refractivity contribution in [2.45, 2.75) is 97.6 Å². The Bertz CT molecular complexity index is 1110.